The van der Waals surface area contributed by atoms with Crippen molar-refractivity contribution in [3.05, 3.63) is 35.0 Å². The molecule has 1 aliphatic heterocycles. The van der Waals surface area contributed by atoms with Gasteiger partial charge in [0.25, 0.3) is 5.91 Å². The van der Waals surface area contributed by atoms with Crippen LogP contribution in [0.15, 0.2) is 18.2 Å². The van der Waals surface area contributed by atoms with Gasteiger partial charge in [-0.1, -0.05) is 19.1 Å². The summed E-state index contributed by atoms with van der Waals surface area (Å²) in [5.74, 6) is 0.693. The number of nitrogens with zero attached hydrogens (tertiary/aromatic N) is 1. The Morgan fingerprint density at radius 1 is 1.44 bits per heavy atom. The molecule has 1 amide bonds. The van der Waals surface area contributed by atoms with Crippen LogP contribution in [0.5, 0.6) is 0 Å². The summed E-state index contributed by atoms with van der Waals surface area (Å²) in [6.07, 6.45) is 3.46. The number of aryl methyl sites for hydroxylation is 1. The third-order valence-corrected chi connectivity index (χ3v) is 5.55. The number of hydrogen-bond acceptors (Lipinski definition) is 3. The van der Waals surface area contributed by atoms with Crippen LogP contribution in [-0.2, 0) is 17.6 Å². The second-order valence-corrected chi connectivity index (χ2v) is 7.62. The molecule has 0 spiro atoms. The van der Waals surface area contributed by atoms with E-state index in [1.807, 2.05) is 12.1 Å². The summed E-state index contributed by atoms with van der Waals surface area (Å²) >= 11 is 0. The summed E-state index contributed by atoms with van der Waals surface area (Å²) < 4.78 is 5.74. The third kappa shape index (κ3) is 3.31. The fourth-order valence-electron chi connectivity index (χ4n) is 4.10. The van der Waals surface area contributed by atoms with Crippen LogP contribution in [0.3, 0.4) is 0 Å². The highest BCUT2D eigenvalue weighted by molar-refractivity contribution is 6.06. The van der Waals surface area contributed by atoms with Gasteiger partial charge in [0.15, 0.2) is 0 Å². The zero-order valence-corrected chi connectivity index (χ0v) is 15.1. The molecule has 1 aromatic carbocycles. The number of rotatable bonds is 3. The van der Waals surface area contributed by atoms with E-state index in [0.717, 1.165) is 43.6 Å². The third-order valence-electron chi connectivity index (χ3n) is 5.55. The molecule has 2 aromatic rings. The van der Waals surface area contributed by atoms with Gasteiger partial charge in [-0.2, -0.15) is 0 Å². The van der Waals surface area contributed by atoms with Gasteiger partial charge >= 0.3 is 0 Å². The van der Waals surface area contributed by atoms with E-state index in [4.69, 9.17) is 4.74 Å². The number of carbonyl (C=O) groups excluding carboxylic acids is 1. The monoisotopic (exact) mass is 341 g/mol. The number of H-pyrrole nitrogens is 1. The second-order valence-electron chi connectivity index (χ2n) is 7.62. The van der Waals surface area contributed by atoms with Gasteiger partial charge < -0.3 is 19.9 Å². The number of amides is 1. The quantitative estimate of drug-likeness (QED) is 0.901. The first-order valence-corrected chi connectivity index (χ1v) is 9.32. The molecule has 0 radical (unpaired) electrons. The molecule has 134 valence electrons. The SMILES string of the molecule is C[C@H]1CCc2[nH]c3c(C(=O)NC[C@H]4CN(C)CCO4)cccc3c2C1. The molecule has 1 saturated heterocycles. The molecule has 1 aliphatic carbocycles. The lowest BCUT2D eigenvalue weighted by molar-refractivity contribution is -0.0174. The molecule has 1 fully saturated rings. The summed E-state index contributed by atoms with van der Waals surface area (Å²) in [6, 6.07) is 6.05. The lowest BCUT2D eigenvalue weighted by Gasteiger charge is -2.30. The van der Waals surface area contributed by atoms with E-state index in [0.29, 0.717) is 12.5 Å². The molecule has 2 N–H and O–H groups in total. The maximum atomic E-state index is 12.8. The van der Waals surface area contributed by atoms with Crippen LogP contribution < -0.4 is 5.32 Å². The van der Waals surface area contributed by atoms with E-state index in [9.17, 15) is 4.79 Å². The molecule has 2 heterocycles. The van der Waals surface area contributed by atoms with Crippen LogP contribution >= 0.6 is 0 Å². The smallest absolute Gasteiger partial charge is 0.253 e. The number of carbonyl (C=O) groups is 1. The maximum absolute atomic E-state index is 12.8. The van der Waals surface area contributed by atoms with Crippen molar-refractivity contribution in [3.63, 3.8) is 0 Å². The maximum Gasteiger partial charge on any atom is 0.253 e. The minimum Gasteiger partial charge on any atom is -0.374 e. The van der Waals surface area contributed by atoms with Crippen LogP contribution in [-0.4, -0.2) is 55.2 Å². The molecule has 2 atom stereocenters. The normalized spacial score (nSPS) is 24.2. The van der Waals surface area contributed by atoms with Gasteiger partial charge in [0.1, 0.15) is 0 Å². The summed E-state index contributed by atoms with van der Waals surface area (Å²) in [6.45, 7) is 5.40. The number of hydrogen-bond donors (Lipinski definition) is 2. The van der Waals surface area contributed by atoms with Crippen molar-refractivity contribution in [3.8, 4) is 0 Å². The number of benzene rings is 1. The van der Waals surface area contributed by atoms with Crippen molar-refractivity contribution in [2.75, 3.05) is 33.3 Å². The van der Waals surface area contributed by atoms with E-state index in [-0.39, 0.29) is 12.0 Å². The van der Waals surface area contributed by atoms with Crippen molar-refractivity contribution < 1.29 is 9.53 Å². The highest BCUT2D eigenvalue weighted by Gasteiger charge is 2.23. The molecule has 2 aliphatic rings. The van der Waals surface area contributed by atoms with E-state index < -0.39 is 0 Å². The molecule has 0 bridgehead atoms. The van der Waals surface area contributed by atoms with Crippen molar-refractivity contribution in [2.45, 2.75) is 32.3 Å². The topological polar surface area (TPSA) is 57.4 Å². The highest BCUT2D eigenvalue weighted by atomic mass is 16.5. The lowest BCUT2D eigenvalue weighted by atomic mass is 9.87. The van der Waals surface area contributed by atoms with E-state index in [2.05, 4.69) is 35.2 Å². The molecular weight excluding hydrogens is 314 g/mol. The molecule has 5 nitrogen and oxygen atoms in total. The van der Waals surface area contributed by atoms with Crippen LogP contribution in [0, 0.1) is 5.92 Å². The Bertz CT molecular complexity index is 783. The first kappa shape index (κ1) is 16.6. The summed E-state index contributed by atoms with van der Waals surface area (Å²) in [7, 11) is 2.09. The fraction of sp³-hybridized carbons (Fsp3) is 0.550. The van der Waals surface area contributed by atoms with E-state index in [1.54, 1.807) is 0 Å². The molecule has 4 rings (SSSR count). The average molecular weight is 341 g/mol. The van der Waals surface area contributed by atoms with Crippen LogP contribution in [0.1, 0.15) is 35.0 Å². The lowest BCUT2D eigenvalue weighted by Crippen LogP contribution is -2.45. The Kier molecular flexibility index (Phi) is 4.52. The zero-order chi connectivity index (χ0) is 17.4. The standard InChI is InChI=1S/C20H27N3O2/c1-13-6-7-18-17(10-13)15-4-3-5-16(19(15)22-18)20(24)21-11-14-12-23(2)8-9-25-14/h3-5,13-14,22H,6-12H2,1-2H3,(H,21,24)/t13-,14-/m0/s1. The minimum absolute atomic E-state index is 0.0194. The Morgan fingerprint density at radius 3 is 3.16 bits per heavy atom. The largest absolute Gasteiger partial charge is 0.374 e. The van der Waals surface area contributed by atoms with Crippen molar-refractivity contribution >= 4 is 16.8 Å². The number of aromatic nitrogens is 1. The fourth-order valence-corrected chi connectivity index (χ4v) is 4.10. The van der Waals surface area contributed by atoms with Gasteiger partial charge in [-0.25, -0.2) is 0 Å². The summed E-state index contributed by atoms with van der Waals surface area (Å²) in [4.78, 5) is 18.5. The molecule has 5 heteroatoms. The van der Waals surface area contributed by atoms with Crippen molar-refractivity contribution in [2.24, 2.45) is 5.92 Å². The molecule has 25 heavy (non-hydrogen) atoms. The minimum atomic E-state index is -0.0194. The van der Waals surface area contributed by atoms with Gasteiger partial charge in [0.2, 0.25) is 0 Å². The second kappa shape index (κ2) is 6.81. The van der Waals surface area contributed by atoms with Gasteiger partial charge in [0.05, 0.1) is 23.8 Å². The predicted molar refractivity (Wildman–Crippen MR) is 99.1 cm³/mol. The van der Waals surface area contributed by atoms with Gasteiger partial charge in [-0.15, -0.1) is 0 Å². The number of morpholine rings is 1. The number of ether oxygens (including phenoxy) is 1. The molecule has 1 aromatic heterocycles. The van der Waals surface area contributed by atoms with Gasteiger partial charge in [-0.05, 0) is 43.9 Å². The molecule has 0 unspecified atom stereocenters. The first-order chi connectivity index (χ1) is 12.1. The Morgan fingerprint density at radius 2 is 2.32 bits per heavy atom. The Labute approximate surface area is 148 Å². The molecule has 0 saturated carbocycles. The Hall–Kier alpha value is -1.85. The highest BCUT2D eigenvalue weighted by Crippen LogP contribution is 2.32. The first-order valence-electron chi connectivity index (χ1n) is 9.32. The van der Waals surface area contributed by atoms with Crippen LogP contribution in [0.2, 0.25) is 0 Å². The van der Waals surface area contributed by atoms with E-state index >= 15 is 0 Å². The number of nitrogens with one attached hydrogen (secondary N) is 2. The van der Waals surface area contributed by atoms with Gasteiger partial charge in [0, 0.05) is 30.7 Å². The number of fused-ring (bicyclic) bond motifs is 3. The summed E-state index contributed by atoms with van der Waals surface area (Å²) in [5.41, 5.74) is 4.44. The predicted octanol–water partition coefficient (Wildman–Crippen LogP) is 2.35. The zero-order valence-electron chi connectivity index (χ0n) is 15.1. The van der Waals surface area contributed by atoms with E-state index in [1.165, 1.54) is 23.1 Å². The number of aromatic amines is 1. The summed E-state index contributed by atoms with van der Waals surface area (Å²) in [5, 5.41) is 4.27. The number of likely N-dealkylation sites (N-methyl/N-ethyl adjacent to an activating group) is 1. The van der Waals surface area contributed by atoms with Crippen LogP contribution in [0.25, 0.3) is 10.9 Å². The average Bonchev–Trinajstić information content (AvgIpc) is 2.97. The Balaban J connectivity index is 1.53. The number of para-hydroxylation sites is 1. The molecular formula is C20H27N3O2. The van der Waals surface area contributed by atoms with Crippen molar-refractivity contribution in [1.29, 1.82) is 0 Å². The van der Waals surface area contributed by atoms with Gasteiger partial charge in [-0.3, -0.25) is 4.79 Å². The van der Waals surface area contributed by atoms with Crippen LogP contribution in [0.4, 0.5) is 0 Å². The van der Waals surface area contributed by atoms with Crippen molar-refractivity contribution in [1.82, 2.24) is 15.2 Å².